The summed E-state index contributed by atoms with van der Waals surface area (Å²) in [7, 11) is 5.04. The van der Waals surface area contributed by atoms with Crippen LogP contribution in [0.4, 0.5) is 0 Å². The Morgan fingerprint density at radius 2 is 1.48 bits per heavy atom. The zero-order valence-corrected chi connectivity index (χ0v) is 33.1. The van der Waals surface area contributed by atoms with Gasteiger partial charge in [-0.15, -0.1) is 0 Å². The number of hydrogen-bond acceptors (Lipinski definition) is 12. The van der Waals surface area contributed by atoms with Crippen LogP contribution in [0.2, 0.25) is 0 Å². The number of aliphatic hydroxyl groups is 3. The Kier molecular flexibility index (Phi) is 14.4. The lowest BCUT2D eigenvalue weighted by Crippen LogP contribution is -2.61. The number of hydrogen-bond donors (Lipinski definition) is 4. The third-order valence-corrected chi connectivity index (χ3v) is 13.2. The van der Waals surface area contributed by atoms with Crippen molar-refractivity contribution in [2.75, 3.05) is 21.3 Å². The molecule has 0 bridgehead atoms. The molecule has 0 amide bonds. The van der Waals surface area contributed by atoms with Crippen molar-refractivity contribution in [3.63, 3.8) is 0 Å². The minimum absolute atomic E-state index is 0.0730. The van der Waals surface area contributed by atoms with Gasteiger partial charge in [0.25, 0.3) is 0 Å². The van der Waals surface area contributed by atoms with E-state index in [9.17, 15) is 24.9 Å². The molecule has 4 N–H and O–H groups in total. The summed E-state index contributed by atoms with van der Waals surface area (Å²) in [6.07, 6.45) is -3.13. The molecule has 0 saturated carbocycles. The summed E-state index contributed by atoms with van der Waals surface area (Å²) in [5, 5.41) is 37.2. The fourth-order valence-electron chi connectivity index (χ4n) is 8.33. The average Bonchev–Trinajstić information content (AvgIpc) is 3.03. The van der Waals surface area contributed by atoms with Crippen LogP contribution in [-0.2, 0) is 38.0 Å². The molecular formula is C35H62INO11. The molecule has 0 aromatic rings. The maximum atomic E-state index is 14.1. The Morgan fingerprint density at radius 3 is 2.04 bits per heavy atom. The zero-order chi connectivity index (χ0) is 36.5. The number of alkyl halides is 1. The van der Waals surface area contributed by atoms with Gasteiger partial charge < -0.3 is 49.1 Å². The summed E-state index contributed by atoms with van der Waals surface area (Å²) in [5.74, 6) is -4.28. The van der Waals surface area contributed by atoms with Crippen molar-refractivity contribution in [3.8, 4) is 0 Å². The van der Waals surface area contributed by atoms with Crippen molar-refractivity contribution >= 4 is 34.3 Å². The van der Waals surface area contributed by atoms with Gasteiger partial charge in [0.1, 0.15) is 17.5 Å². The molecule has 3 rings (SSSR count). The average molecular weight is 800 g/mol. The third kappa shape index (κ3) is 8.75. The molecule has 280 valence electrons. The summed E-state index contributed by atoms with van der Waals surface area (Å²) >= 11 is 1.80. The van der Waals surface area contributed by atoms with Gasteiger partial charge in [-0.25, -0.2) is 0 Å². The molecule has 48 heavy (non-hydrogen) atoms. The number of methoxy groups -OCH3 is 2. The summed E-state index contributed by atoms with van der Waals surface area (Å²) in [6.45, 7) is 16.0. The monoisotopic (exact) mass is 799 g/mol. The van der Waals surface area contributed by atoms with Gasteiger partial charge in [0, 0.05) is 50.9 Å². The van der Waals surface area contributed by atoms with Crippen LogP contribution in [0.15, 0.2) is 0 Å². The molecule has 3 saturated heterocycles. The van der Waals surface area contributed by atoms with Gasteiger partial charge in [-0.2, -0.15) is 0 Å². The van der Waals surface area contributed by atoms with Crippen LogP contribution < -0.4 is 5.32 Å². The highest BCUT2D eigenvalue weighted by Gasteiger charge is 2.55. The number of esters is 1. The smallest absolute Gasteiger partial charge is 0.310 e. The van der Waals surface area contributed by atoms with E-state index in [1.807, 2.05) is 34.7 Å². The van der Waals surface area contributed by atoms with Gasteiger partial charge in [-0.1, -0.05) is 27.7 Å². The molecule has 0 aromatic heterocycles. The first kappa shape index (κ1) is 41.9. The molecule has 3 heterocycles. The highest BCUT2D eigenvalue weighted by molar-refractivity contribution is 14.1. The Labute approximate surface area is 300 Å². The fraction of sp³-hybridized carbons (Fsp3) is 0.943. The SMILES string of the molecule is CN[C@@H]1C[C@H](O[C@@H]2[C@@H](C)C([C@H]3C[C@@](C)(OC)[C@@H](O)[C@H](C)O3)[C@@H](C)C(=O)O[C@H](I)[C@@](C)(O)[C@H](O)[C@@H](C)C(=O)[C@H](C)C[C@@]2(C)OC)O[C@H](C)C1. The molecule has 13 heteroatoms. The number of carbonyl (C=O) groups excluding carboxylic acids is 2. The summed E-state index contributed by atoms with van der Waals surface area (Å²) in [5.41, 5.74) is -3.98. The Morgan fingerprint density at radius 1 is 0.875 bits per heavy atom. The molecule has 3 aliphatic heterocycles. The van der Waals surface area contributed by atoms with Crippen molar-refractivity contribution in [1.82, 2.24) is 5.32 Å². The molecule has 0 aliphatic carbocycles. The number of rotatable bonds is 6. The second-order valence-corrected chi connectivity index (χ2v) is 16.5. The second kappa shape index (κ2) is 16.5. The summed E-state index contributed by atoms with van der Waals surface area (Å²) in [6, 6.07) is 0.161. The normalized spacial score (nSPS) is 50.4. The lowest BCUT2D eigenvalue weighted by Gasteiger charge is -2.51. The van der Waals surface area contributed by atoms with Gasteiger partial charge >= 0.3 is 5.97 Å². The third-order valence-electron chi connectivity index (χ3n) is 11.6. The highest BCUT2D eigenvalue weighted by atomic mass is 127. The topological polar surface area (TPSA) is 162 Å². The van der Waals surface area contributed by atoms with Gasteiger partial charge in [-0.3, -0.25) is 9.59 Å². The van der Waals surface area contributed by atoms with Gasteiger partial charge in [0.05, 0.1) is 47.6 Å². The first-order chi connectivity index (χ1) is 22.2. The number of halogens is 1. The van der Waals surface area contributed by atoms with Crippen molar-refractivity contribution in [1.29, 1.82) is 0 Å². The van der Waals surface area contributed by atoms with Crippen molar-refractivity contribution in [2.45, 2.75) is 158 Å². The number of nitrogens with one attached hydrogen (secondary N) is 1. The van der Waals surface area contributed by atoms with E-state index in [0.29, 0.717) is 6.42 Å². The summed E-state index contributed by atoms with van der Waals surface area (Å²) in [4.78, 5) is 27.9. The number of ketones is 1. The largest absolute Gasteiger partial charge is 0.448 e. The van der Waals surface area contributed by atoms with E-state index in [4.69, 9.17) is 28.4 Å². The van der Waals surface area contributed by atoms with E-state index in [2.05, 4.69) is 5.32 Å². The van der Waals surface area contributed by atoms with Crippen LogP contribution in [0.25, 0.3) is 0 Å². The predicted octanol–water partition coefficient (Wildman–Crippen LogP) is 3.38. The van der Waals surface area contributed by atoms with E-state index in [0.717, 1.165) is 6.42 Å². The van der Waals surface area contributed by atoms with Crippen LogP contribution in [0, 0.1) is 29.6 Å². The van der Waals surface area contributed by atoms with E-state index >= 15 is 0 Å². The quantitative estimate of drug-likeness (QED) is 0.177. The molecule has 3 aliphatic rings. The van der Waals surface area contributed by atoms with Crippen LogP contribution in [0.3, 0.4) is 0 Å². The van der Waals surface area contributed by atoms with E-state index in [-0.39, 0.29) is 30.8 Å². The number of carbonyl (C=O) groups is 2. The van der Waals surface area contributed by atoms with Crippen LogP contribution in [0.1, 0.15) is 88.0 Å². The molecule has 0 aromatic carbocycles. The minimum atomic E-state index is -1.93. The number of aliphatic hydroxyl groups excluding tert-OH is 2. The molecule has 3 fully saturated rings. The van der Waals surface area contributed by atoms with Crippen LogP contribution >= 0.6 is 22.6 Å². The van der Waals surface area contributed by atoms with E-state index < -0.39 is 93.3 Å². The summed E-state index contributed by atoms with van der Waals surface area (Å²) < 4.78 is 36.6. The van der Waals surface area contributed by atoms with Gasteiger partial charge in [-0.05, 0) is 83.0 Å². The second-order valence-electron chi connectivity index (χ2n) is 15.4. The number of Topliss-reactive ketones (excluding diaryl/α,β-unsaturated/α-hetero) is 1. The maximum Gasteiger partial charge on any atom is 0.310 e. The number of ether oxygens (including phenoxy) is 6. The molecule has 0 radical (unpaired) electrons. The van der Waals surface area contributed by atoms with Gasteiger partial charge in [0.2, 0.25) is 0 Å². The van der Waals surface area contributed by atoms with Crippen molar-refractivity contribution < 1.29 is 53.3 Å². The van der Waals surface area contributed by atoms with Crippen molar-refractivity contribution in [3.05, 3.63) is 0 Å². The molecule has 17 atom stereocenters. The van der Waals surface area contributed by atoms with Gasteiger partial charge in [0.15, 0.2) is 10.4 Å². The van der Waals surface area contributed by atoms with Crippen LogP contribution in [-0.4, -0.2) is 118 Å². The molecular weight excluding hydrogens is 737 g/mol. The zero-order valence-electron chi connectivity index (χ0n) is 30.9. The van der Waals surface area contributed by atoms with Crippen molar-refractivity contribution in [2.24, 2.45) is 29.6 Å². The van der Waals surface area contributed by atoms with E-state index in [1.54, 1.807) is 64.5 Å². The lowest BCUT2D eigenvalue weighted by atomic mass is 9.68. The molecule has 12 nitrogen and oxygen atoms in total. The fourth-order valence-corrected chi connectivity index (χ4v) is 8.95. The van der Waals surface area contributed by atoms with Crippen LogP contribution in [0.5, 0.6) is 0 Å². The maximum absolute atomic E-state index is 14.1. The highest BCUT2D eigenvalue weighted by Crippen LogP contribution is 2.45. The lowest BCUT2D eigenvalue weighted by molar-refractivity contribution is -0.276. The first-order valence-corrected chi connectivity index (χ1v) is 18.6. The minimum Gasteiger partial charge on any atom is -0.448 e. The van der Waals surface area contributed by atoms with E-state index in [1.165, 1.54) is 6.92 Å². The first-order valence-electron chi connectivity index (χ1n) is 17.4. The molecule has 0 spiro atoms. The number of cyclic esters (lactones) is 1. The Hall–Kier alpha value is -0.490. The Bertz CT molecular complexity index is 1100. The standard InChI is InChI=1S/C35H62INO11/c1-17-15-34(8,44-12)30(47-25-14-23(37-10)13-18(2)45-25)19(3)26(24-16-33(7,43-11)29(40)22(6)46-24)20(4)31(41)48-32(36)35(9,42)28(39)21(5)27(17)38/h17-26,28-30,32,37,39-40,42H,13-16H2,1-12H3/t17-,18-,19+,20-,21+,22+,23+,24-,25+,26?,28-,29+,30-,32+,33-,34-,35+/m1/s1. The Balaban J connectivity index is 2.22. The predicted molar refractivity (Wildman–Crippen MR) is 187 cm³/mol. The molecule has 1 unspecified atom stereocenters.